The minimum Gasteiger partial charge on any atom is -0.207 e. The summed E-state index contributed by atoms with van der Waals surface area (Å²) in [6, 6.07) is 5.16. The lowest BCUT2D eigenvalue weighted by Gasteiger charge is -2.02. The van der Waals surface area contributed by atoms with Crippen LogP contribution in [-0.2, 0) is 6.42 Å². The van der Waals surface area contributed by atoms with E-state index in [-0.39, 0.29) is 5.82 Å². The lowest BCUT2D eigenvalue weighted by atomic mass is 10.1. The van der Waals surface area contributed by atoms with Crippen LogP contribution in [0.4, 0.5) is 4.39 Å². The van der Waals surface area contributed by atoms with E-state index in [1.165, 1.54) is 6.07 Å². The Morgan fingerprint density at radius 3 is 2.77 bits per heavy atom. The van der Waals surface area contributed by atoms with Crippen molar-refractivity contribution in [2.45, 2.75) is 19.8 Å². The molecule has 0 fully saturated rings. The van der Waals surface area contributed by atoms with Crippen molar-refractivity contribution in [2.24, 2.45) is 0 Å². The topological polar surface area (TPSA) is 0 Å². The molecule has 0 aromatic heterocycles. The Morgan fingerprint density at radius 1 is 1.54 bits per heavy atom. The van der Waals surface area contributed by atoms with Crippen molar-refractivity contribution in [1.29, 1.82) is 0 Å². The summed E-state index contributed by atoms with van der Waals surface area (Å²) in [6.45, 7) is 5.74. The fourth-order valence-corrected chi connectivity index (χ4v) is 1.41. The summed E-state index contributed by atoms with van der Waals surface area (Å²) < 4.78 is 14.0. The molecule has 0 nitrogen and oxygen atoms in total. The number of halogens is 2. The summed E-state index contributed by atoms with van der Waals surface area (Å²) in [5.74, 6) is -0.143. The summed E-state index contributed by atoms with van der Waals surface area (Å²) in [6.07, 6.45) is 1.58. The molecule has 1 aromatic carbocycles. The van der Waals surface area contributed by atoms with Gasteiger partial charge in [0.15, 0.2) is 0 Å². The SMILES string of the molecule is C=C(C)CCc1ccc(Br)cc1F. The molecule has 70 valence electrons. The third kappa shape index (κ3) is 3.31. The first-order valence-electron chi connectivity index (χ1n) is 4.18. The van der Waals surface area contributed by atoms with Crippen LogP contribution in [0.1, 0.15) is 18.9 Å². The molecule has 0 atom stereocenters. The van der Waals surface area contributed by atoms with E-state index in [1.54, 1.807) is 0 Å². The zero-order chi connectivity index (χ0) is 9.84. The van der Waals surface area contributed by atoms with Crippen molar-refractivity contribution in [1.82, 2.24) is 0 Å². The number of hydrogen-bond donors (Lipinski definition) is 0. The molecule has 0 unspecified atom stereocenters. The standard InChI is InChI=1S/C11H12BrF/c1-8(2)3-4-9-5-6-10(12)7-11(9)13/h5-7H,1,3-4H2,2H3. The summed E-state index contributed by atoms with van der Waals surface area (Å²) >= 11 is 3.22. The molecule has 2 heteroatoms. The number of aryl methyl sites for hydroxylation is 1. The van der Waals surface area contributed by atoms with Crippen LogP contribution >= 0.6 is 15.9 Å². The fraction of sp³-hybridized carbons (Fsp3) is 0.273. The van der Waals surface area contributed by atoms with Crippen molar-refractivity contribution in [3.63, 3.8) is 0 Å². The maximum atomic E-state index is 13.2. The molecule has 0 radical (unpaired) electrons. The van der Waals surface area contributed by atoms with Gasteiger partial charge in [0.1, 0.15) is 5.82 Å². The van der Waals surface area contributed by atoms with Crippen LogP contribution in [0.25, 0.3) is 0 Å². The van der Waals surface area contributed by atoms with Gasteiger partial charge in [0.2, 0.25) is 0 Å². The Hall–Kier alpha value is -0.630. The molecule has 0 bridgehead atoms. The van der Waals surface area contributed by atoms with E-state index in [9.17, 15) is 4.39 Å². The number of hydrogen-bond acceptors (Lipinski definition) is 0. The Morgan fingerprint density at radius 2 is 2.23 bits per heavy atom. The van der Waals surface area contributed by atoms with Crippen molar-refractivity contribution in [3.8, 4) is 0 Å². The van der Waals surface area contributed by atoms with Crippen molar-refractivity contribution >= 4 is 15.9 Å². The Kier molecular flexibility index (Phi) is 3.67. The van der Waals surface area contributed by atoms with E-state index < -0.39 is 0 Å². The van der Waals surface area contributed by atoms with Crippen LogP contribution in [0, 0.1) is 5.82 Å². The maximum absolute atomic E-state index is 13.2. The van der Waals surface area contributed by atoms with Crippen LogP contribution in [0.5, 0.6) is 0 Å². The first-order valence-corrected chi connectivity index (χ1v) is 4.97. The molecule has 0 saturated heterocycles. The highest BCUT2D eigenvalue weighted by Gasteiger charge is 2.01. The zero-order valence-electron chi connectivity index (χ0n) is 7.61. The molecule has 0 aliphatic carbocycles. The van der Waals surface area contributed by atoms with Crippen LogP contribution in [0.3, 0.4) is 0 Å². The molecule has 0 N–H and O–H groups in total. The Balaban J connectivity index is 2.72. The van der Waals surface area contributed by atoms with E-state index >= 15 is 0 Å². The van der Waals surface area contributed by atoms with Crippen molar-refractivity contribution < 1.29 is 4.39 Å². The summed E-state index contributed by atoms with van der Waals surface area (Å²) in [5.41, 5.74) is 1.84. The fourth-order valence-electron chi connectivity index (χ4n) is 1.07. The summed E-state index contributed by atoms with van der Waals surface area (Å²) in [7, 11) is 0. The second-order valence-electron chi connectivity index (χ2n) is 3.19. The van der Waals surface area contributed by atoms with Crippen molar-refractivity contribution in [3.05, 3.63) is 46.2 Å². The van der Waals surface area contributed by atoms with Crippen molar-refractivity contribution in [2.75, 3.05) is 0 Å². The molecule has 0 amide bonds. The third-order valence-electron chi connectivity index (χ3n) is 1.84. The van der Waals surface area contributed by atoms with Gasteiger partial charge in [0, 0.05) is 4.47 Å². The van der Waals surface area contributed by atoms with Gasteiger partial charge in [0.25, 0.3) is 0 Å². The average molecular weight is 243 g/mol. The molecular weight excluding hydrogens is 231 g/mol. The molecule has 1 aromatic rings. The van der Waals surface area contributed by atoms with Crippen LogP contribution in [0.2, 0.25) is 0 Å². The van der Waals surface area contributed by atoms with Gasteiger partial charge in [-0.2, -0.15) is 0 Å². The number of allylic oxidation sites excluding steroid dienone is 1. The summed E-state index contributed by atoms with van der Waals surface area (Å²) in [4.78, 5) is 0. The smallest absolute Gasteiger partial charge is 0.127 e. The molecule has 13 heavy (non-hydrogen) atoms. The van der Waals surface area contributed by atoms with E-state index in [4.69, 9.17) is 0 Å². The molecule has 0 heterocycles. The van der Waals surface area contributed by atoms with E-state index in [0.717, 1.165) is 28.5 Å². The second kappa shape index (κ2) is 4.56. The molecule has 1 rings (SSSR count). The van der Waals surface area contributed by atoms with Gasteiger partial charge in [-0.25, -0.2) is 4.39 Å². The highest BCUT2D eigenvalue weighted by Crippen LogP contribution is 2.17. The number of benzene rings is 1. The average Bonchev–Trinajstić information content (AvgIpc) is 2.02. The van der Waals surface area contributed by atoms with Crippen LogP contribution in [0.15, 0.2) is 34.8 Å². The van der Waals surface area contributed by atoms with E-state index in [1.807, 2.05) is 19.1 Å². The third-order valence-corrected chi connectivity index (χ3v) is 2.33. The zero-order valence-corrected chi connectivity index (χ0v) is 9.20. The van der Waals surface area contributed by atoms with Gasteiger partial charge < -0.3 is 0 Å². The molecule has 0 spiro atoms. The first kappa shape index (κ1) is 10.5. The second-order valence-corrected chi connectivity index (χ2v) is 4.11. The van der Waals surface area contributed by atoms with E-state index in [0.29, 0.717) is 0 Å². The Bertz CT molecular complexity index is 318. The minimum absolute atomic E-state index is 0.143. The normalized spacial score (nSPS) is 10.1. The lowest BCUT2D eigenvalue weighted by Crippen LogP contribution is -1.90. The predicted octanol–water partition coefficient (Wildman–Crippen LogP) is 4.10. The number of rotatable bonds is 3. The van der Waals surface area contributed by atoms with Crippen LogP contribution in [-0.4, -0.2) is 0 Å². The lowest BCUT2D eigenvalue weighted by molar-refractivity contribution is 0.607. The van der Waals surface area contributed by atoms with Gasteiger partial charge in [-0.1, -0.05) is 27.6 Å². The predicted molar refractivity (Wildman–Crippen MR) is 57.2 cm³/mol. The molecule has 0 aliphatic rings. The quantitative estimate of drug-likeness (QED) is 0.701. The molecular formula is C11H12BrF. The highest BCUT2D eigenvalue weighted by atomic mass is 79.9. The molecule has 0 aliphatic heterocycles. The van der Waals surface area contributed by atoms with Gasteiger partial charge >= 0.3 is 0 Å². The Labute approximate surface area is 86.6 Å². The highest BCUT2D eigenvalue weighted by molar-refractivity contribution is 9.10. The monoisotopic (exact) mass is 242 g/mol. The van der Waals surface area contributed by atoms with Gasteiger partial charge in [-0.15, -0.1) is 6.58 Å². The van der Waals surface area contributed by atoms with Gasteiger partial charge in [-0.05, 0) is 37.5 Å². The minimum atomic E-state index is -0.143. The largest absolute Gasteiger partial charge is 0.207 e. The van der Waals surface area contributed by atoms with Gasteiger partial charge in [0.05, 0.1) is 0 Å². The maximum Gasteiger partial charge on any atom is 0.127 e. The first-order chi connectivity index (χ1) is 6.09. The van der Waals surface area contributed by atoms with E-state index in [2.05, 4.69) is 22.5 Å². The van der Waals surface area contributed by atoms with Crippen LogP contribution < -0.4 is 0 Å². The van der Waals surface area contributed by atoms with Gasteiger partial charge in [-0.3, -0.25) is 0 Å². The summed E-state index contributed by atoms with van der Waals surface area (Å²) in [5, 5.41) is 0. The molecule has 0 saturated carbocycles.